The molecule has 2 nitrogen and oxygen atoms in total. The smallest absolute Gasteiger partial charge is 0.172 e. The Morgan fingerprint density at radius 2 is 2.14 bits per heavy atom. The van der Waals surface area contributed by atoms with Crippen LogP contribution >= 0.6 is 12.2 Å². The van der Waals surface area contributed by atoms with Crippen molar-refractivity contribution in [2.45, 2.75) is 12.8 Å². The first-order valence-corrected chi connectivity index (χ1v) is 5.02. The van der Waals surface area contributed by atoms with Crippen LogP contribution in [0, 0.1) is 5.92 Å². The third-order valence-corrected chi connectivity index (χ3v) is 2.93. The van der Waals surface area contributed by atoms with Gasteiger partial charge in [-0.1, -0.05) is 36.5 Å². The number of rotatable bonds is 1. The molecule has 0 aromatic heterocycles. The zero-order valence-electron chi connectivity index (χ0n) is 7.69. The second-order valence-corrected chi connectivity index (χ2v) is 3.99. The largest absolute Gasteiger partial charge is 0.393 e. The summed E-state index contributed by atoms with van der Waals surface area (Å²) in [6, 6.07) is 7.66. The van der Waals surface area contributed by atoms with Crippen LogP contribution < -0.4 is 5.73 Å². The maximum Gasteiger partial charge on any atom is 0.172 e. The van der Waals surface area contributed by atoms with E-state index in [1.54, 1.807) is 0 Å². The number of benzene rings is 1. The Kier molecular flexibility index (Phi) is 2.33. The van der Waals surface area contributed by atoms with Gasteiger partial charge < -0.3 is 5.73 Å². The normalized spacial score (nSPS) is 20.3. The second kappa shape index (κ2) is 3.50. The molecule has 1 aliphatic carbocycles. The van der Waals surface area contributed by atoms with E-state index in [0.717, 1.165) is 24.0 Å². The third kappa shape index (κ3) is 1.44. The minimum Gasteiger partial charge on any atom is -0.393 e. The summed E-state index contributed by atoms with van der Waals surface area (Å²) in [6.07, 6.45) is 1.65. The molecule has 0 bridgehead atoms. The fraction of sp³-hybridized carbons (Fsp3) is 0.273. The maximum absolute atomic E-state index is 11.9. The van der Waals surface area contributed by atoms with Gasteiger partial charge in [0.25, 0.3) is 0 Å². The highest BCUT2D eigenvalue weighted by Crippen LogP contribution is 2.25. The maximum atomic E-state index is 11.9. The van der Waals surface area contributed by atoms with E-state index >= 15 is 0 Å². The second-order valence-electron chi connectivity index (χ2n) is 3.52. The number of aryl methyl sites for hydroxylation is 1. The SMILES string of the molecule is NC(=S)C1CCc2ccccc2C1=O. The molecule has 1 aromatic rings. The summed E-state index contributed by atoms with van der Waals surface area (Å²) in [5.41, 5.74) is 7.43. The molecule has 2 rings (SSSR count). The topological polar surface area (TPSA) is 43.1 Å². The molecule has 3 heteroatoms. The van der Waals surface area contributed by atoms with Gasteiger partial charge in [0.05, 0.1) is 10.9 Å². The molecule has 0 radical (unpaired) electrons. The fourth-order valence-corrected chi connectivity index (χ4v) is 2.09. The van der Waals surface area contributed by atoms with Crippen molar-refractivity contribution in [3.05, 3.63) is 35.4 Å². The standard InChI is InChI=1S/C11H11NOS/c12-11(14)9-6-5-7-3-1-2-4-8(7)10(9)13/h1-4,9H,5-6H2,(H2,12,14). The van der Waals surface area contributed by atoms with Crippen LogP contribution in [0.3, 0.4) is 0 Å². The number of nitrogens with two attached hydrogens (primary N) is 1. The average Bonchev–Trinajstić information content (AvgIpc) is 2.18. The van der Waals surface area contributed by atoms with E-state index in [0.29, 0.717) is 4.99 Å². The number of carbonyl (C=O) groups excluding carboxylic acids is 1. The number of thiocarbonyl (C=S) groups is 1. The van der Waals surface area contributed by atoms with Crippen LogP contribution in [0.5, 0.6) is 0 Å². The first kappa shape index (κ1) is 9.34. The summed E-state index contributed by atoms with van der Waals surface area (Å²) < 4.78 is 0. The van der Waals surface area contributed by atoms with Crippen molar-refractivity contribution in [3.63, 3.8) is 0 Å². The fourth-order valence-electron chi connectivity index (χ4n) is 1.87. The van der Waals surface area contributed by atoms with Crippen LogP contribution in [-0.4, -0.2) is 10.8 Å². The van der Waals surface area contributed by atoms with Crippen LogP contribution in [-0.2, 0) is 6.42 Å². The highest BCUT2D eigenvalue weighted by atomic mass is 32.1. The van der Waals surface area contributed by atoms with E-state index in [4.69, 9.17) is 18.0 Å². The van der Waals surface area contributed by atoms with Gasteiger partial charge in [0, 0.05) is 5.56 Å². The lowest BCUT2D eigenvalue weighted by atomic mass is 9.83. The van der Waals surface area contributed by atoms with Crippen molar-refractivity contribution in [1.82, 2.24) is 0 Å². The molecule has 1 unspecified atom stereocenters. The minimum absolute atomic E-state index is 0.0827. The molecular weight excluding hydrogens is 194 g/mol. The van der Waals surface area contributed by atoms with Gasteiger partial charge in [-0.25, -0.2) is 0 Å². The van der Waals surface area contributed by atoms with Gasteiger partial charge in [0.1, 0.15) is 0 Å². The van der Waals surface area contributed by atoms with Gasteiger partial charge in [0.15, 0.2) is 5.78 Å². The number of ketones is 1. The highest BCUT2D eigenvalue weighted by Gasteiger charge is 2.28. The Balaban J connectivity index is 2.41. The highest BCUT2D eigenvalue weighted by molar-refractivity contribution is 7.80. The molecule has 1 aliphatic rings. The van der Waals surface area contributed by atoms with Gasteiger partial charge in [0.2, 0.25) is 0 Å². The molecule has 1 atom stereocenters. The Bertz CT molecular complexity index is 400. The average molecular weight is 205 g/mol. The van der Waals surface area contributed by atoms with Gasteiger partial charge >= 0.3 is 0 Å². The number of hydrogen-bond donors (Lipinski definition) is 1. The zero-order chi connectivity index (χ0) is 10.1. The summed E-state index contributed by atoms with van der Waals surface area (Å²) in [5.74, 6) is -0.167. The zero-order valence-corrected chi connectivity index (χ0v) is 8.51. The first-order valence-electron chi connectivity index (χ1n) is 4.61. The molecule has 1 aromatic carbocycles. The van der Waals surface area contributed by atoms with Gasteiger partial charge in [-0.2, -0.15) is 0 Å². The Labute approximate surface area is 88.1 Å². The number of Topliss-reactive ketones (excluding diaryl/α,β-unsaturated/α-hetero) is 1. The van der Waals surface area contributed by atoms with E-state index < -0.39 is 0 Å². The summed E-state index contributed by atoms with van der Waals surface area (Å²) in [7, 11) is 0. The molecular formula is C11H11NOS. The van der Waals surface area contributed by atoms with Crippen LogP contribution in [0.4, 0.5) is 0 Å². The van der Waals surface area contributed by atoms with Crippen molar-refractivity contribution in [2.75, 3.05) is 0 Å². The Morgan fingerprint density at radius 1 is 1.43 bits per heavy atom. The van der Waals surface area contributed by atoms with E-state index in [9.17, 15) is 4.79 Å². The molecule has 0 amide bonds. The van der Waals surface area contributed by atoms with E-state index in [2.05, 4.69) is 0 Å². The number of fused-ring (bicyclic) bond motifs is 1. The first-order chi connectivity index (χ1) is 6.70. The van der Waals surface area contributed by atoms with Crippen LogP contribution in [0.2, 0.25) is 0 Å². The van der Waals surface area contributed by atoms with E-state index in [-0.39, 0.29) is 11.7 Å². The molecule has 0 heterocycles. The summed E-state index contributed by atoms with van der Waals surface area (Å²) in [4.78, 5) is 12.2. The molecule has 0 spiro atoms. The molecule has 0 saturated heterocycles. The predicted octanol–water partition coefficient (Wildman–Crippen LogP) is 1.72. The lowest BCUT2D eigenvalue weighted by Crippen LogP contribution is -2.32. The van der Waals surface area contributed by atoms with Crippen molar-refractivity contribution in [2.24, 2.45) is 11.7 Å². The van der Waals surface area contributed by atoms with E-state index in [1.807, 2.05) is 24.3 Å². The predicted molar refractivity (Wildman–Crippen MR) is 59.4 cm³/mol. The minimum atomic E-state index is -0.250. The lowest BCUT2D eigenvalue weighted by Gasteiger charge is -2.21. The molecule has 0 saturated carbocycles. The van der Waals surface area contributed by atoms with Gasteiger partial charge in [-0.3, -0.25) is 4.79 Å². The number of carbonyl (C=O) groups is 1. The van der Waals surface area contributed by atoms with Crippen molar-refractivity contribution < 1.29 is 4.79 Å². The Hall–Kier alpha value is -1.22. The van der Waals surface area contributed by atoms with Gasteiger partial charge in [-0.15, -0.1) is 0 Å². The van der Waals surface area contributed by atoms with Crippen molar-refractivity contribution in [1.29, 1.82) is 0 Å². The summed E-state index contributed by atoms with van der Waals surface area (Å²) in [5, 5.41) is 0. The lowest BCUT2D eigenvalue weighted by molar-refractivity contribution is 0.0941. The van der Waals surface area contributed by atoms with Crippen LogP contribution in [0.25, 0.3) is 0 Å². The quantitative estimate of drug-likeness (QED) is 0.710. The summed E-state index contributed by atoms with van der Waals surface area (Å²) in [6.45, 7) is 0. The van der Waals surface area contributed by atoms with Crippen LogP contribution in [0.1, 0.15) is 22.3 Å². The molecule has 14 heavy (non-hydrogen) atoms. The van der Waals surface area contributed by atoms with Gasteiger partial charge in [-0.05, 0) is 18.4 Å². The van der Waals surface area contributed by atoms with Crippen LogP contribution in [0.15, 0.2) is 24.3 Å². The third-order valence-electron chi connectivity index (χ3n) is 2.65. The Morgan fingerprint density at radius 3 is 2.86 bits per heavy atom. The molecule has 72 valence electrons. The molecule has 2 N–H and O–H groups in total. The van der Waals surface area contributed by atoms with Crippen molar-refractivity contribution in [3.8, 4) is 0 Å². The van der Waals surface area contributed by atoms with Crippen molar-refractivity contribution >= 4 is 23.0 Å². The molecule has 0 aliphatic heterocycles. The van der Waals surface area contributed by atoms with E-state index in [1.165, 1.54) is 0 Å². The number of hydrogen-bond acceptors (Lipinski definition) is 2. The summed E-state index contributed by atoms with van der Waals surface area (Å²) >= 11 is 4.88. The monoisotopic (exact) mass is 205 g/mol. The molecule has 0 fully saturated rings.